The van der Waals surface area contributed by atoms with E-state index in [0.29, 0.717) is 5.92 Å². The van der Waals surface area contributed by atoms with Gasteiger partial charge >= 0.3 is 0 Å². The average molecular weight is 250 g/mol. The number of nitrogens with two attached hydrogens (primary N) is 1. The van der Waals surface area contributed by atoms with Gasteiger partial charge in [-0.25, -0.2) is 0 Å². The van der Waals surface area contributed by atoms with Crippen LogP contribution in [0.3, 0.4) is 0 Å². The topological polar surface area (TPSA) is 69.2 Å². The molecule has 1 unspecified atom stereocenters. The zero-order valence-electron chi connectivity index (χ0n) is 11.1. The molecule has 1 rings (SSSR count). The van der Waals surface area contributed by atoms with Gasteiger partial charge in [-0.2, -0.15) is 0 Å². The summed E-state index contributed by atoms with van der Waals surface area (Å²) < 4.78 is 0. The summed E-state index contributed by atoms with van der Waals surface area (Å²) in [5.41, 5.74) is 7.03. The molecular weight excluding hydrogens is 228 g/mol. The fraction of sp³-hybridized carbons (Fsp3) is 0.571. The number of nitro benzene ring substituents is 1. The highest BCUT2D eigenvalue weighted by atomic mass is 16.6. The van der Waals surface area contributed by atoms with E-state index in [9.17, 15) is 10.1 Å². The first kappa shape index (κ1) is 14.6. The molecule has 0 bridgehead atoms. The molecule has 0 saturated carbocycles. The highest BCUT2D eigenvalue weighted by molar-refractivity contribution is 5.39. The molecular formula is C14H22N2O2. The maximum Gasteiger partial charge on any atom is 0.272 e. The summed E-state index contributed by atoms with van der Waals surface area (Å²) in [5.74, 6) is 0.603. The molecule has 0 spiro atoms. The highest BCUT2D eigenvalue weighted by Gasteiger charge is 2.12. The van der Waals surface area contributed by atoms with Gasteiger partial charge < -0.3 is 5.73 Å². The fourth-order valence-electron chi connectivity index (χ4n) is 2.18. The smallest absolute Gasteiger partial charge is 0.272 e. The van der Waals surface area contributed by atoms with Crippen molar-refractivity contribution in [3.05, 3.63) is 39.9 Å². The minimum absolute atomic E-state index is 0.202. The largest absolute Gasteiger partial charge is 0.328 e. The summed E-state index contributed by atoms with van der Waals surface area (Å²) in [6, 6.07) is 7.13. The van der Waals surface area contributed by atoms with E-state index in [4.69, 9.17) is 5.73 Å². The standard InChI is InChI=1S/C14H22N2O2/c1-11(2)10-13(15)8-5-7-12-6-3-4-9-14(12)16(17)18/h3-4,6,9,11,13H,5,7-8,10,15H2,1-2H3. The van der Waals surface area contributed by atoms with Crippen molar-refractivity contribution >= 4 is 5.69 Å². The number of hydrogen-bond donors (Lipinski definition) is 1. The van der Waals surface area contributed by atoms with Crippen molar-refractivity contribution in [3.63, 3.8) is 0 Å². The van der Waals surface area contributed by atoms with Gasteiger partial charge in [0.05, 0.1) is 4.92 Å². The second-order valence-corrected chi connectivity index (χ2v) is 5.17. The first-order valence-corrected chi connectivity index (χ1v) is 6.48. The molecule has 4 heteroatoms. The van der Waals surface area contributed by atoms with Gasteiger partial charge in [0.2, 0.25) is 0 Å². The van der Waals surface area contributed by atoms with Crippen LogP contribution in [0.25, 0.3) is 0 Å². The van der Waals surface area contributed by atoms with Gasteiger partial charge in [-0.1, -0.05) is 32.0 Å². The molecule has 0 aliphatic heterocycles. The minimum atomic E-state index is -0.316. The van der Waals surface area contributed by atoms with Crippen LogP contribution in [0, 0.1) is 16.0 Å². The first-order chi connectivity index (χ1) is 8.50. The molecule has 4 nitrogen and oxygen atoms in total. The van der Waals surface area contributed by atoms with Crippen molar-refractivity contribution < 1.29 is 4.92 Å². The maximum absolute atomic E-state index is 10.8. The Hall–Kier alpha value is -1.42. The number of aryl methyl sites for hydroxylation is 1. The van der Waals surface area contributed by atoms with Gasteiger partial charge in [0.15, 0.2) is 0 Å². The summed E-state index contributed by atoms with van der Waals surface area (Å²) in [5, 5.41) is 10.8. The molecule has 1 aromatic rings. The van der Waals surface area contributed by atoms with Crippen LogP contribution in [0.15, 0.2) is 24.3 Å². The number of rotatable bonds is 7. The van der Waals surface area contributed by atoms with Crippen LogP contribution in [-0.2, 0) is 6.42 Å². The molecule has 18 heavy (non-hydrogen) atoms. The summed E-state index contributed by atoms with van der Waals surface area (Å²) >= 11 is 0. The van der Waals surface area contributed by atoms with Crippen LogP contribution in [0.2, 0.25) is 0 Å². The Bertz CT molecular complexity index is 391. The van der Waals surface area contributed by atoms with Gasteiger partial charge in [0.25, 0.3) is 5.69 Å². The fourth-order valence-corrected chi connectivity index (χ4v) is 2.18. The van der Waals surface area contributed by atoms with E-state index in [1.165, 1.54) is 0 Å². The van der Waals surface area contributed by atoms with Gasteiger partial charge in [0, 0.05) is 17.7 Å². The van der Waals surface area contributed by atoms with Gasteiger partial charge in [0.1, 0.15) is 0 Å². The van der Waals surface area contributed by atoms with Crippen LogP contribution in [0.4, 0.5) is 5.69 Å². The van der Waals surface area contributed by atoms with Gasteiger partial charge in [-0.05, 0) is 31.6 Å². The molecule has 0 aliphatic carbocycles. The van der Waals surface area contributed by atoms with Crippen molar-refractivity contribution in [2.24, 2.45) is 11.7 Å². The summed E-state index contributed by atoms with van der Waals surface area (Å²) in [6.07, 6.45) is 3.56. The molecule has 2 N–H and O–H groups in total. The Balaban J connectivity index is 2.46. The summed E-state index contributed by atoms with van der Waals surface area (Å²) in [4.78, 5) is 10.5. The quantitative estimate of drug-likeness (QED) is 0.596. The van der Waals surface area contributed by atoms with E-state index in [-0.39, 0.29) is 16.7 Å². The zero-order valence-corrected chi connectivity index (χ0v) is 11.1. The van der Waals surface area contributed by atoms with Gasteiger partial charge in [-0.3, -0.25) is 10.1 Å². The SMILES string of the molecule is CC(C)CC(N)CCCc1ccccc1[N+](=O)[O-]. The molecule has 0 aromatic heterocycles. The Labute approximate surface area is 108 Å². The van der Waals surface area contributed by atoms with Crippen molar-refractivity contribution in [2.75, 3.05) is 0 Å². The minimum Gasteiger partial charge on any atom is -0.328 e. The monoisotopic (exact) mass is 250 g/mol. The third-order valence-corrected chi connectivity index (χ3v) is 2.98. The van der Waals surface area contributed by atoms with E-state index in [1.54, 1.807) is 12.1 Å². The van der Waals surface area contributed by atoms with Crippen molar-refractivity contribution in [1.82, 2.24) is 0 Å². The van der Waals surface area contributed by atoms with E-state index in [1.807, 2.05) is 12.1 Å². The molecule has 0 fully saturated rings. The summed E-state index contributed by atoms with van der Waals surface area (Å²) in [7, 11) is 0. The molecule has 0 saturated heterocycles. The lowest BCUT2D eigenvalue weighted by Crippen LogP contribution is -2.22. The van der Waals surface area contributed by atoms with Crippen LogP contribution in [0.5, 0.6) is 0 Å². The van der Waals surface area contributed by atoms with E-state index >= 15 is 0 Å². The molecule has 1 atom stereocenters. The Morgan fingerprint density at radius 1 is 1.33 bits per heavy atom. The molecule has 0 aliphatic rings. The van der Waals surface area contributed by atoms with E-state index < -0.39 is 0 Å². The lowest BCUT2D eigenvalue weighted by Gasteiger charge is -2.13. The predicted molar refractivity (Wildman–Crippen MR) is 73.5 cm³/mol. The number of nitro groups is 1. The first-order valence-electron chi connectivity index (χ1n) is 6.48. The third-order valence-electron chi connectivity index (χ3n) is 2.98. The number of hydrogen-bond acceptors (Lipinski definition) is 3. The Morgan fingerprint density at radius 2 is 2.00 bits per heavy atom. The predicted octanol–water partition coefficient (Wildman–Crippen LogP) is 3.29. The highest BCUT2D eigenvalue weighted by Crippen LogP contribution is 2.20. The second kappa shape index (κ2) is 7.11. The van der Waals surface area contributed by atoms with Gasteiger partial charge in [-0.15, -0.1) is 0 Å². The number of nitrogens with zero attached hydrogens (tertiary/aromatic N) is 1. The summed E-state index contributed by atoms with van der Waals surface area (Å²) in [6.45, 7) is 4.31. The van der Waals surface area contributed by atoms with Crippen LogP contribution in [-0.4, -0.2) is 11.0 Å². The molecule has 100 valence electrons. The molecule has 0 heterocycles. The Morgan fingerprint density at radius 3 is 2.61 bits per heavy atom. The lowest BCUT2D eigenvalue weighted by molar-refractivity contribution is -0.385. The van der Waals surface area contributed by atoms with Crippen molar-refractivity contribution in [3.8, 4) is 0 Å². The average Bonchev–Trinajstić information content (AvgIpc) is 2.28. The second-order valence-electron chi connectivity index (χ2n) is 5.17. The normalized spacial score (nSPS) is 12.7. The van der Waals surface area contributed by atoms with Crippen LogP contribution in [0.1, 0.15) is 38.7 Å². The van der Waals surface area contributed by atoms with Crippen LogP contribution >= 0.6 is 0 Å². The Kier molecular flexibility index (Phi) is 5.78. The van der Waals surface area contributed by atoms with Crippen LogP contribution < -0.4 is 5.73 Å². The van der Waals surface area contributed by atoms with Crippen molar-refractivity contribution in [2.45, 2.75) is 45.6 Å². The van der Waals surface area contributed by atoms with E-state index in [0.717, 1.165) is 31.2 Å². The van der Waals surface area contributed by atoms with E-state index in [2.05, 4.69) is 13.8 Å². The lowest BCUT2D eigenvalue weighted by atomic mass is 9.98. The zero-order chi connectivity index (χ0) is 13.5. The maximum atomic E-state index is 10.8. The molecule has 1 aromatic carbocycles. The van der Waals surface area contributed by atoms with Crippen molar-refractivity contribution in [1.29, 1.82) is 0 Å². The molecule has 0 radical (unpaired) electrons. The molecule has 0 amide bonds. The number of para-hydroxylation sites is 1. The third kappa shape index (κ3) is 4.84. The number of benzene rings is 1.